The molecule has 5 nitrogen and oxygen atoms in total. The lowest BCUT2D eigenvalue weighted by molar-refractivity contribution is -0.140. The first kappa shape index (κ1) is 25.8. The normalized spacial score (nSPS) is 18.7. The molecule has 1 N–H and O–H groups in total. The van der Waals surface area contributed by atoms with Crippen molar-refractivity contribution in [3.8, 4) is 0 Å². The first-order chi connectivity index (χ1) is 16.5. The summed E-state index contributed by atoms with van der Waals surface area (Å²) in [5.41, 5.74) is -1.18. The van der Waals surface area contributed by atoms with Crippen LogP contribution >= 0.6 is 23.2 Å². The number of hydrogen-bond acceptors (Lipinski definition) is 3. The molecule has 0 bridgehead atoms. The van der Waals surface area contributed by atoms with E-state index in [1.165, 1.54) is 18.2 Å². The van der Waals surface area contributed by atoms with E-state index in [0.717, 1.165) is 6.07 Å². The fraction of sp³-hybridized carbons (Fsp3) is 0.440. The van der Waals surface area contributed by atoms with Crippen LogP contribution in [0.5, 0.6) is 0 Å². The van der Waals surface area contributed by atoms with Gasteiger partial charge in [0.25, 0.3) is 0 Å². The second-order valence-corrected chi connectivity index (χ2v) is 10.1. The van der Waals surface area contributed by atoms with Crippen LogP contribution < -0.4 is 5.32 Å². The maximum atomic E-state index is 13.6. The highest BCUT2D eigenvalue weighted by molar-refractivity contribution is 6.35. The van der Waals surface area contributed by atoms with Crippen LogP contribution in [0.1, 0.15) is 29.5 Å². The molecule has 10 heteroatoms. The highest BCUT2D eigenvalue weighted by Crippen LogP contribution is 2.51. The topological polar surface area (TPSA) is 52.6 Å². The summed E-state index contributed by atoms with van der Waals surface area (Å²) in [6.07, 6.45) is -3.79. The standard InChI is InChI=1S/C25H26Cl2F3N3O2/c1-32-10-12-33(13-11-32)22(34)21(14-16-4-2-3-5-18(16)25(28,29)30)31-23(35)24(8-9-24)19-7-6-17(26)15-20(19)27/h2-7,15,21H,8-14H2,1H3,(H,31,35). The lowest BCUT2D eigenvalue weighted by Crippen LogP contribution is -2.56. The van der Waals surface area contributed by atoms with Gasteiger partial charge in [-0.15, -0.1) is 0 Å². The van der Waals surface area contributed by atoms with Crippen LogP contribution in [0, 0.1) is 0 Å². The molecule has 188 valence electrons. The van der Waals surface area contributed by atoms with E-state index in [1.807, 2.05) is 7.05 Å². The Morgan fingerprint density at radius 1 is 1.06 bits per heavy atom. The Hall–Kier alpha value is -2.29. The zero-order valence-corrected chi connectivity index (χ0v) is 20.7. The van der Waals surface area contributed by atoms with Crippen LogP contribution in [-0.2, 0) is 27.6 Å². The van der Waals surface area contributed by atoms with Crippen LogP contribution in [0.25, 0.3) is 0 Å². The first-order valence-electron chi connectivity index (χ1n) is 11.4. The minimum Gasteiger partial charge on any atom is -0.343 e. The van der Waals surface area contributed by atoms with Crippen LogP contribution in [-0.4, -0.2) is 60.9 Å². The van der Waals surface area contributed by atoms with E-state index < -0.39 is 29.1 Å². The molecular formula is C25H26Cl2F3N3O2. The number of nitrogens with zero attached hydrogens (tertiary/aromatic N) is 2. The maximum Gasteiger partial charge on any atom is 0.416 e. The van der Waals surface area contributed by atoms with E-state index in [0.29, 0.717) is 54.6 Å². The molecule has 4 rings (SSSR count). The molecule has 2 aliphatic rings. The van der Waals surface area contributed by atoms with Gasteiger partial charge >= 0.3 is 6.18 Å². The fourth-order valence-corrected chi connectivity index (χ4v) is 5.15. The summed E-state index contributed by atoms with van der Waals surface area (Å²) in [6, 6.07) is 8.89. The van der Waals surface area contributed by atoms with Gasteiger partial charge in [0.15, 0.2) is 0 Å². The molecular weight excluding hydrogens is 502 g/mol. The van der Waals surface area contributed by atoms with Crippen molar-refractivity contribution in [2.45, 2.75) is 36.9 Å². The van der Waals surface area contributed by atoms with Gasteiger partial charge in [0.05, 0.1) is 11.0 Å². The van der Waals surface area contributed by atoms with Crippen molar-refractivity contribution in [2.75, 3.05) is 33.2 Å². The number of carbonyl (C=O) groups excluding carboxylic acids is 2. The number of halogens is 5. The molecule has 1 heterocycles. The summed E-state index contributed by atoms with van der Waals surface area (Å²) in [5, 5.41) is 3.57. The van der Waals surface area contributed by atoms with Crippen LogP contribution in [0.3, 0.4) is 0 Å². The molecule has 0 radical (unpaired) electrons. The number of rotatable bonds is 6. The third-order valence-corrected chi connectivity index (χ3v) is 7.34. The molecule has 1 saturated heterocycles. The van der Waals surface area contributed by atoms with Gasteiger partial charge in [-0.05, 0) is 49.2 Å². The summed E-state index contributed by atoms with van der Waals surface area (Å²) >= 11 is 12.4. The minimum absolute atomic E-state index is 0.0397. The van der Waals surface area contributed by atoms with Crippen molar-refractivity contribution in [2.24, 2.45) is 0 Å². The smallest absolute Gasteiger partial charge is 0.343 e. The van der Waals surface area contributed by atoms with Crippen molar-refractivity contribution in [3.05, 3.63) is 69.2 Å². The number of nitrogens with one attached hydrogen (secondary N) is 1. The molecule has 1 saturated carbocycles. The van der Waals surface area contributed by atoms with Crippen LogP contribution in [0.2, 0.25) is 10.0 Å². The highest BCUT2D eigenvalue weighted by Gasteiger charge is 2.53. The van der Waals surface area contributed by atoms with Gasteiger partial charge < -0.3 is 15.1 Å². The van der Waals surface area contributed by atoms with E-state index in [4.69, 9.17) is 23.2 Å². The minimum atomic E-state index is -4.57. The van der Waals surface area contributed by atoms with Gasteiger partial charge in [-0.3, -0.25) is 9.59 Å². The number of carbonyl (C=O) groups is 2. The van der Waals surface area contributed by atoms with Gasteiger partial charge in [0.1, 0.15) is 6.04 Å². The van der Waals surface area contributed by atoms with Crippen molar-refractivity contribution < 1.29 is 22.8 Å². The number of piperazine rings is 1. The van der Waals surface area contributed by atoms with Crippen molar-refractivity contribution in [1.29, 1.82) is 0 Å². The molecule has 1 aliphatic heterocycles. The van der Waals surface area contributed by atoms with E-state index in [2.05, 4.69) is 10.2 Å². The van der Waals surface area contributed by atoms with Crippen LogP contribution in [0.15, 0.2) is 42.5 Å². The molecule has 2 amide bonds. The average molecular weight is 528 g/mol. The Balaban J connectivity index is 1.62. The Morgan fingerprint density at radius 3 is 2.31 bits per heavy atom. The van der Waals surface area contributed by atoms with Crippen molar-refractivity contribution >= 4 is 35.0 Å². The molecule has 1 unspecified atom stereocenters. The number of amides is 2. The molecule has 0 spiro atoms. The van der Waals surface area contributed by atoms with Crippen LogP contribution in [0.4, 0.5) is 13.2 Å². The predicted octanol–water partition coefficient (Wildman–Crippen LogP) is 4.55. The monoisotopic (exact) mass is 527 g/mol. The number of hydrogen-bond donors (Lipinski definition) is 1. The van der Waals surface area contributed by atoms with Gasteiger partial charge in [-0.2, -0.15) is 13.2 Å². The maximum absolute atomic E-state index is 13.6. The van der Waals surface area contributed by atoms with E-state index in [-0.39, 0.29) is 17.9 Å². The summed E-state index contributed by atoms with van der Waals surface area (Å²) in [7, 11) is 1.94. The zero-order valence-electron chi connectivity index (χ0n) is 19.2. The molecule has 2 aromatic carbocycles. The summed E-state index contributed by atoms with van der Waals surface area (Å²) in [5.74, 6) is -0.805. The number of benzene rings is 2. The Labute approximate surface area is 212 Å². The summed E-state index contributed by atoms with van der Waals surface area (Å²) in [4.78, 5) is 30.6. The third-order valence-electron chi connectivity index (χ3n) is 6.80. The second-order valence-electron chi connectivity index (χ2n) is 9.22. The predicted molar refractivity (Wildman–Crippen MR) is 129 cm³/mol. The van der Waals surface area contributed by atoms with Gasteiger partial charge in [-0.25, -0.2) is 0 Å². The third kappa shape index (κ3) is 5.60. The van der Waals surface area contributed by atoms with Crippen molar-refractivity contribution in [1.82, 2.24) is 15.1 Å². The van der Waals surface area contributed by atoms with E-state index in [1.54, 1.807) is 23.1 Å². The first-order valence-corrected chi connectivity index (χ1v) is 12.2. The Kier molecular flexibility index (Phi) is 7.36. The molecule has 2 fully saturated rings. The molecule has 1 aliphatic carbocycles. The molecule has 35 heavy (non-hydrogen) atoms. The Morgan fingerprint density at radius 2 is 1.71 bits per heavy atom. The quantitative estimate of drug-likeness (QED) is 0.599. The molecule has 0 aromatic heterocycles. The van der Waals surface area contributed by atoms with Crippen molar-refractivity contribution in [3.63, 3.8) is 0 Å². The molecule has 2 aromatic rings. The number of likely N-dealkylation sites (N-methyl/N-ethyl adjacent to an activating group) is 1. The fourth-order valence-electron chi connectivity index (χ4n) is 4.56. The van der Waals surface area contributed by atoms with E-state index in [9.17, 15) is 22.8 Å². The zero-order chi connectivity index (χ0) is 25.4. The van der Waals surface area contributed by atoms with E-state index >= 15 is 0 Å². The summed E-state index contributed by atoms with van der Waals surface area (Å²) < 4.78 is 40.9. The van der Waals surface area contributed by atoms with Gasteiger partial charge in [0, 0.05) is 42.6 Å². The van der Waals surface area contributed by atoms with Gasteiger partial charge in [0.2, 0.25) is 11.8 Å². The Bertz CT molecular complexity index is 1110. The molecule has 1 atom stereocenters. The SMILES string of the molecule is CN1CCN(C(=O)C(Cc2ccccc2C(F)(F)F)NC(=O)C2(c3ccc(Cl)cc3Cl)CC2)CC1. The van der Waals surface area contributed by atoms with Gasteiger partial charge in [-0.1, -0.05) is 47.5 Å². The number of alkyl halides is 3. The summed E-state index contributed by atoms with van der Waals surface area (Å²) in [6.45, 7) is 2.18. The lowest BCUT2D eigenvalue weighted by Gasteiger charge is -2.35. The average Bonchev–Trinajstić information content (AvgIpc) is 3.60. The lowest BCUT2D eigenvalue weighted by atomic mass is 9.93. The highest BCUT2D eigenvalue weighted by atomic mass is 35.5. The largest absolute Gasteiger partial charge is 0.416 e. The second kappa shape index (κ2) is 9.99.